The minimum Gasteiger partial charge on any atom is -0.381 e. The maximum absolute atomic E-state index is 12.2. The van der Waals surface area contributed by atoms with Gasteiger partial charge in [-0.15, -0.1) is 0 Å². The molecule has 4 nitrogen and oxygen atoms in total. The Morgan fingerprint density at radius 1 is 1.22 bits per heavy atom. The number of carbonyl (C=O) groups excluding carboxylic acids is 1. The molecule has 1 amide bonds. The highest BCUT2D eigenvalue weighted by atomic mass is 16.5. The molecular formula is C14H24N2O2. The van der Waals surface area contributed by atoms with Gasteiger partial charge in [0.15, 0.2) is 0 Å². The average molecular weight is 252 g/mol. The molecule has 2 aliphatic heterocycles. The Bertz CT molecular complexity index is 309. The van der Waals surface area contributed by atoms with Crippen molar-refractivity contribution in [3.05, 3.63) is 0 Å². The Hall–Kier alpha value is -0.610. The van der Waals surface area contributed by atoms with Crippen LogP contribution in [0.3, 0.4) is 0 Å². The van der Waals surface area contributed by atoms with Crippen molar-refractivity contribution in [2.45, 2.75) is 56.5 Å². The van der Waals surface area contributed by atoms with Crippen molar-refractivity contribution in [2.75, 3.05) is 19.8 Å². The van der Waals surface area contributed by atoms with Crippen LogP contribution in [-0.2, 0) is 9.53 Å². The second-order valence-corrected chi connectivity index (χ2v) is 6.15. The van der Waals surface area contributed by atoms with Crippen LogP contribution < -0.4 is 10.6 Å². The lowest BCUT2D eigenvalue weighted by Gasteiger charge is -2.48. The second-order valence-electron chi connectivity index (χ2n) is 6.15. The molecule has 0 aromatic carbocycles. The zero-order valence-corrected chi connectivity index (χ0v) is 11.0. The van der Waals surface area contributed by atoms with Crippen molar-refractivity contribution >= 4 is 5.91 Å². The Balaban J connectivity index is 1.50. The maximum atomic E-state index is 12.2. The summed E-state index contributed by atoms with van der Waals surface area (Å²) in [6.07, 6.45) is 7.91. The van der Waals surface area contributed by atoms with Gasteiger partial charge >= 0.3 is 0 Å². The summed E-state index contributed by atoms with van der Waals surface area (Å²) in [5.41, 5.74) is 0.367. The molecule has 3 fully saturated rings. The highest BCUT2D eigenvalue weighted by Gasteiger charge is 2.41. The van der Waals surface area contributed by atoms with Crippen molar-refractivity contribution in [1.29, 1.82) is 0 Å². The van der Waals surface area contributed by atoms with Crippen molar-refractivity contribution in [3.8, 4) is 0 Å². The molecule has 1 aliphatic carbocycles. The minimum atomic E-state index is 0.186. The third-order valence-electron chi connectivity index (χ3n) is 4.88. The van der Waals surface area contributed by atoms with Gasteiger partial charge in [0.1, 0.15) is 0 Å². The fourth-order valence-electron chi connectivity index (χ4n) is 3.54. The first-order valence-electron chi connectivity index (χ1n) is 7.41. The standard InChI is InChI=1S/C14H24N2O2/c17-13(11-3-8-18-9-4-11)16-12-2-7-15-14(10-12)5-1-6-14/h11-12,15H,1-10H2,(H,16,17). The van der Waals surface area contributed by atoms with Crippen molar-refractivity contribution < 1.29 is 9.53 Å². The maximum Gasteiger partial charge on any atom is 0.223 e. The van der Waals surface area contributed by atoms with E-state index < -0.39 is 0 Å². The van der Waals surface area contributed by atoms with E-state index in [1.165, 1.54) is 19.3 Å². The monoisotopic (exact) mass is 252 g/mol. The summed E-state index contributed by atoms with van der Waals surface area (Å²) in [6.45, 7) is 2.54. The lowest BCUT2D eigenvalue weighted by Crippen LogP contribution is -2.60. The highest BCUT2D eigenvalue weighted by Crippen LogP contribution is 2.38. The van der Waals surface area contributed by atoms with Crippen LogP contribution in [0.25, 0.3) is 0 Å². The van der Waals surface area contributed by atoms with Gasteiger partial charge in [-0.3, -0.25) is 4.79 Å². The van der Waals surface area contributed by atoms with Gasteiger partial charge in [-0.25, -0.2) is 0 Å². The molecule has 0 radical (unpaired) electrons. The summed E-state index contributed by atoms with van der Waals surface area (Å²) in [6, 6.07) is 0.391. The van der Waals surface area contributed by atoms with E-state index in [0.717, 1.165) is 45.4 Å². The first-order valence-corrected chi connectivity index (χ1v) is 7.41. The van der Waals surface area contributed by atoms with Gasteiger partial charge in [-0.05, 0) is 51.5 Å². The van der Waals surface area contributed by atoms with Gasteiger partial charge in [0.05, 0.1) is 0 Å². The fourth-order valence-corrected chi connectivity index (χ4v) is 3.54. The Labute approximate surface area is 109 Å². The highest BCUT2D eigenvalue weighted by molar-refractivity contribution is 5.79. The first kappa shape index (κ1) is 12.4. The van der Waals surface area contributed by atoms with E-state index in [-0.39, 0.29) is 11.8 Å². The van der Waals surface area contributed by atoms with Gasteiger partial charge in [0.2, 0.25) is 5.91 Å². The zero-order valence-electron chi connectivity index (χ0n) is 11.0. The molecular weight excluding hydrogens is 228 g/mol. The first-order chi connectivity index (χ1) is 8.77. The van der Waals surface area contributed by atoms with Gasteiger partial charge in [-0.2, -0.15) is 0 Å². The van der Waals surface area contributed by atoms with Crippen LogP contribution in [-0.4, -0.2) is 37.2 Å². The average Bonchev–Trinajstić information content (AvgIpc) is 2.38. The normalized spacial score (nSPS) is 31.9. The second kappa shape index (κ2) is 5.17. The number of rotatable bonds is 2. The largest absolute Gasteiger partial charge is 0.381 e. The van der Waals surface area contributed by atoms with E-state index >= 15 is 0 Å². The molecule has 1 saturated carbocycles. The molecule has 0 aromatic rings. The van der Waals surface area contributed by atoms with Gasteiger partial charge in [0.25, 0.3) is 0 Å². The van der Waals surface area contributed by atoms with Crippen molar-refractivity contribution in [3.63, 3.8) is 0 Å². The van der Waals surface area contributed by atoms with E-state index in [0.29, 0.717) is 11.6 Å². The topological polar surface area (TPSA) is 50.4 Å². The van der Waals surface area contributed by atoms with E-state index in [9.17, 15) is 4.79 Å². The molecule has 2 saturated heterocycles. The van der Waals surface area contributed by atoms with Crippen molar-refractivity contribution in [1.82, 2.24) is 10.6 Å². The third kappa shape index (κ3) is 2.54. The lowest BCUT2D eigenvalue weighted by atomic mass is 9.70. The van der Waals surface area contributed by atoms with Crippen LogP contribution in [0.5, 0.6) is 0 Å². The molecule has 3 rings (SSSR count). The van der Waals surface area contributed by atoms with Gasteiger partial charge in [0, 0.05) is 30.7 Å². The molecule has 0 bridgehead atoms. The van der Waals surface area contributed by atoms with Crippen LogP contribution >= 0.6 is 0 Å². The molecule has 1 unspecified atom stereocenters. The number of hydrogen-bond acceptors (Lipinski definition) is 3. The Morgan fingerprint density at radius 3 is 2.67 bits per heavy atom. The number of nitrogens with one attached hydrogen (secondary N) is 2. The molecule has 18 heavy (non-hydrogen) atoms. The Morgan fingerprint density at radius 2 is 2.00 bits per heavy atom. The van der Waals surface area contributed by atoms with Crippen LogP contribution in [0.2, 0.25) is 0 Å². The van der Waals surface area contributed by atoms with Crippen molar-refractivity contribution in [2.24, 2.45) is 5.92 Å². The number of piperidine rings is 1. The molecule has 1 atom stereocenters. The predicted molar refractivity (Wildman–Crippen MR) is 69.3 cm³/mol. The van der Waals surface area contributed by atoms with E-state index in [2.05, 4.69) is 10.6 Å². The molecule has 102 valence electrons. The Kier molecular flexibility index (Phi) is 3.57. The van der Waals surface area contributed by atoms with Crippen LogP contribution in [0.1, 0.15) is 44.9 Å². The summed E-state index contributed by atoms with van der Waals surface area (Å²) in [5, 5.41) is 6.92. The number of amides is 1. The summed E-state index contributed by atoms with van der Waals surface area (Å²) < 4.78 is 5.31. The van der Waals surface area contributed by atoms with Gasteiger partial charge in [-0.1, -0.05) is 0 Å². The quantitative estimate of drug-likeness (QED) is 0.776. The van der Waals surface area contributed by atoms with Crippen LogP contribution in [0, 0.1) is 5.92 Å². The zero-order chi connectivity index (χ0) is 12.4. The molecule has 0 aromatic heterocycles. The van der Waals surface area contributed by atoms with E-state index in [4.69, 9.17) is 4.74 Å². The minimum absolute atomic E-state index is 0.186. The third-order valence-corrected chi connectivity index (χ3v) is 4.88. The van der Waals surface area contributed by atoms with E-state index in [1.54, 1.807) is 0 Å². The summed E-state index contributed by atoms with van der Waals surface area (Å²) in [7, 11) is 0. The number of ether oxygens (including phenoxy) is 1. The molecule has 1 spiro atoms. The lowest BCUT2D eigenvalue weighted by molar-refractivity contribution is -0.129. The predicted octanol–water partition coefficient (Wildman–Crippen LogP) is 1.20. The molecule has 2 heterocycles. The van der Waals surface area contributed by atoms with Crippen LogP contribution in [0.4, 0.5) is 0 Å². The fraction of sp³-hybridized carbons (Fsp3) is 0.929. The van der Waals surface area contributed by atoms with Crippen LogP contribution in [0.15, 0.2) is 0 Å². The van der Waals surface area contributed by atoms with E-state index in [1.807, 2.05) is 0 Å². The van der Waals surface area contributed by atoms with Gasteiger partial charge < -0.3 is 15.4 Å². The summed E-state index contributed by atoms with van der Waals surface area (Å²) >= 11 is 0. The smallest absolute Gasteiger partial charge is 0.223 e. The molecule has 4 heteroatoms. The summed E-state index contributed by atoms with van der Waals surface area (Å²) in [5.74, 6) is 0.450. The molecule has 2 N–H and O–H groups in total. The summed E-state index contributed by atoms with van der Waals surface area (Å²) in [4.78, 5) is 12.2. The number of hydrogen-bond donors (Lipinski definition) is 2. The number of carbonyl (C=O) groups is 1. The molecule has 3 aliphatic rings. The SMILES string of the molecule is O=C(NC1CCNC2(CCC2)C1)C1CCOCC1.